The van der Waals surface area contributed by atoms with E-state index in [4.69, 9.17) is 4.74 Å². The zero-order chi connectivity index (χ0) is 21.3. The third-order valence-corrected chi connectivity index (χ3v) is 4.72. The maximum absolute atomic E-state index is 13.7. The van der Waals surface area contributed by atoms with Crippen molar-refractivity contribution in [2.45, 2.75) is 19.0 Å². The zero-order valence-electron chi connectivity index (χ0n) is 16.0. The number of fused-ring (bicyclic) bond motifs is 1. The van der Waals surface area contributed by atoms with Crippen molar-refractivity contribution in [2.75, 3.05) is 23.4 Å². The number of benzene rings is 2. The quantitative estimate of drug-likeness (QED) is 0.734. The van der Waals surface area contributed by atoms with E-state index in [1.54, 1.807) is 30.3 Å². The van der Waals surface area contributed by atoms with Gasteiger partial charge in [0.1, 0.15) is 18.1 Å². The maximum Gasteiger partial charge on any atom is 0.263 e. The largest absolute Gasteiger partial charge is 0.494 e. The van der Waals surface area contributed by atoms with Crippen molar-refractivity contribution in [3.63, 3.8) is 0 Å². The van der Waals surface area contributed by atoms with Gasteiger partial charge in [0.15, 0.2) is 12.1 Å². The predicted molar refractivity (Wildman–Crippen MR) is 104 cm³/mol. The van der Waals surface area contributed by atoms with Crippen molar-refractivity contribution >= 4 is 29.1 Å². The van der Waals surface area contributed by atoms with E-state index in [0.717, 1.165) is 9.91 Å². The second kappa shape index (κ2) is 7.90. The molecule has 0 bridgehead atoms. The first-order valence-electron chi connectivity index (χ1n) is 9.32. The molecule has 4 rings (SSSR count). The number of hydrogen-bond donors (Lipinski definition) is 1. The van der Waals surface area contributed by atoms with Crippen molar-refractivity contribution in [1.29, 1.82) is 0 Å². The molecule has 0 spiro atoms. The van der Waals surface area contributed by atoms with Gasteiger partial charge in [0.25, 0.3) is 11.8 Å². The Hall–Kier alpha value is -3.82. The molecule has 0 saturated carbocycles. The number of halogens is 1. The predicted octanol–water partition coefficient (Wildman–Crippen LogP) is 2.16. The zero-order valence-corrected chi connectivity index (χ0v) is 16.0. The van der Waals surface area contributed by atoms with Gasteiger partial charge >= 0.3 is 0 Å². The summed E-state index contributed by atoms with van der Waals surface area (Å²) >= 11 is 0. The smallest absolute Gasteiger partial charge is 0.263 e. The highest BCUT2D eigenvalue weighted by molar-refractivity contribution is 6.25. The summed E-state index contributed by atoms with van der Waals surface area (Å²) in [6, 6.07) is 10.2. The fourth-order valence-corrected chi connectivity index (χ4v) is 3.37. The number of anilines is 2. The van der Waals surface area contributed by atoms with Gasteiger partial charge in [0.2, 0.25) is 5.91 Å². The van der Waals surface area contributed by atoms with Crippen LogP contribution in [0.5, 0.6) is 5.75 Å². The standard InChI is InChI=1S/C20H18FN5O4/c1-2-30-13-9-7-12(8-10-13)26-19(28)17-18(20(26)29)25(24-23-17)11-16(27)22-15-6-4-3-5-14(15)21/h3-10,17-18H,2,11H2,1H3,(H,22,27)/t17-,18+/m0/s1. The van der Waals surface area contributed by atoms with E-state index in [1.807, 2.05) is 6.92 Å². The van der Waals surface area contributed by atoms with Crippen molar-refractivity contribution in [1.82, 2.24) is 5.01 Å². The number of nitrogens with one attached hydrogen (secondary N) is 1. The minimum atomic E-state index is -1.02. The van der Waals surface area contributed by atoms with E-state index >= 15 is 0 Å². The first kappa shape index (κ1) is 19.5. The Labute approximate surface area is 171 Å². The number of ether oxygens (including phenoxy) is 1. The number of nitrogens with zero attached hydrogens (tertiary/aromatic N) is 4. The first-order chi connectivity index (χ1) is 14.5. The van der Waals surface area contributed by atoms with Gasteiger partial charge in [0.05, 0.1) is 18.0 Å². The van der Waals surface area contributed by atoms with Crippen LogP contribution in [0.1, 0.15) is 6.92 Å². The summed E-state index contributed by atoms with van der Waals surface area (Å²) < 4.78 is 19.1. The van der Waals surface area contributed by atoms with Crippen molar-refractivity contribution in [3.8, 4) is 5.75 Å². The molecule has 9 nitrogen and oxygen atoms in total. The van der Waals surface area contributed by atoms with E-state index in [2.05, 4.69) is 15.7 Å². The Morgan fingerprint density at radius 1 is 1.13 bits per heavy atom. The van der Waals surface area contributed by atoms with Crippen LogP contribution in [-0.4, -0.2) is 48.0 Å². The number of carbonyl (C=O) groups excluding carboxylic acids is 3. The highest BCUT2D eigenvalue weighted by Crippen LogP contribution is 2.32. The van der Waals surface area contributed by atoms with Gasteiger partial charge in [-0.05, 0) is 43.3 Å². The molecule has 0 aliphatic carbocycles. The molecule has 2 aromatic carbocycles. The molecule has 2 atom stereocenters. The normalized spacial score (nSPS) is 19.9. The van der Waals surface area contributed by atoms with Crippen molar-refractivity contribution in [3.05, 3.63) is 54.3 Å². The molecule has 0 radical (unpaired) electrons. The van der Waals surface area contributed by atoms with Gasteiger partial charge in [-0.3, -0.25) is 19.4 Å². The Morgan fingerprint density at radius 2 is 1.87 bits per heavy atom. The minimum Gasteiger partial charge on any atom is -0.494 e. The molecular weight excluding hydrogens is 393 g/mol. The molecule has 3 amide bonds. The molecule has 0 unspecified atom stereocenters. The highest BCUT2D eigenvalue weighted by atomic mass is 19.1. The third-order valence-electron chi connectivity index (χ3n) is 4.72. The van der Waals surface area contributed by atoms with Gasteiger partial charge < -0.3 is 10.1 Å². The van der Waals surface area contributed by atoms with Gasteiger partial charge in [0, 0.05) is 0 Å². The van der Waals surface area contributed by atoms with E-state index in [0.29, 0.717) is 18.0 Å². The van der Waals surface area contributed by atoms with Crippen molar-refractivity contribution in [2.24, 2.45) is 10.3 Å². The van der Waals surface area contributed by atoms with Crippen LogP contribution in [0.2, 0.25) is 0 Å². The average molecular weight is 411 g/mol. The summed E-state index contributed by atoms with van der Waals surface area (Å²) in [6.07, 6.45) is 0. The lowest BCUT2D eigenvalue weighted by Crippen LogP contribution is -2.43. The van der Waals surface area contributed by atoms with Crippen LogP contribution in [0.4, 0.5) is 15.8 Å². The topological polar surface area (TPSA) is 104 Å². The summed E-state index contributed by atoms with van der Waals surface area (Å²) in [7, 11) is 0. The van der Waals surface area contributed by atoms with Crippen LogP contribution in [0.25, 0.3) is 0 Å². The second-order valence-electron chi connectivity index (χ2n) is 6.66. The molecule has 1 N–H and O–H groups in total. The molecule has 10 heteroatoms. The summed E-state index contributed by atoms with van der Waals surface area (Å²) in [5, 5.41) is 11.2. The van der Waals surface area contributed by atoms with E-state index in [1.165, 1.54) is 18.2 Å². The Balaban J connectivity index is 1.47. The third kappa shape index (κ3) is 3.47. The number of carbonyl (C=O) groups is 3. The van der Waals surface area contributed by atoms with Crippen LogP contribution < -0.4 is 15.0 Å². The first-order valence-corrected chi connectivity index (χ1v) is 9.32. The summed E-state index contributed by atoms with van der Waals surface area (Å²) in [4.78, 5) is 39.0. The van der Waals surface area contributed by atoms with E-state index in [-0.39, 0.29) is 12.2 Å². The molecular formula is C20H18FN5O4. The highest BCUT2D eigenvalue weighted by Gasteiger charge is 2.55. The lowest BCUT2D eigenvalue weighted by atomic mass is 10.1. The minimum absolute atomic E-state index is 0.0139. The molecule has 154 valence electrons. The maximum atomic E-state index is 13.7. The Bertz CT molecular complexity index is 1030. The molecule has 30 heavy (non-hydrogen) atoms. The average Bonchev–Trinajstić information content (AvgIpc) is 3.24. The molecule has 2 aliphatic rings. The number of para-hydroxylation sites is 1. The molecule has 1 saturated heterocycles. The summed E-state index contributed by atoms with van der Waals surface area (Å²) in [5.74, 6) is -1.60. The fourth-order valence-electron chi connectivity index (χ4n) is 3.37. The van der Waals surface area contributed by atoms with Gasteiger partial charge in [-0.25, -0.2) is 9.29 Å². The second-order valence-corrected chi connectivity index (χ2v) is 6.66. The van der Waals surface area contributed by atoms with Crippen LogP contribution in [0.15, 0.2) is 58.9 Å². The van der Waals surface area contributed by atoms with Gasteiger partial charge in [-0.1, -0.05) is 17.4 Å². The number of imide groups is 1. The number of amides is 3. The van der Waals surface area contributed by atoms with Crippen LogP contribution in [0, 0.1) is 5.82 Å². The lowest BCUT2D eigenvalue weighted by Gasteiger charge is -2.20. The van der Waals surface area contributed by atoms with Crippen LogP contribution >= 0.6 is 0 Å². The molecule has 2 heterocycles. The monoisotopic (exact) mass is 411 g/mol. The fraction of sp³-hybridized carbons (Fsp3) is 0.250. The Kier molecular flexibility index (Phi) is 5.13. The van der Waals surface area contributed by atoms with E-state index in [9.17, 15) is 18.8 Å². The molecule has 1 fully saturated rings. The molecule has 0 aromatic heterocycles. The molecule has 2 aromatic rings. The van der Waals surface area contributed by atoms with E-state index < -0.39 is 35.6 Å². The summed E-state index contributed by atoms with van der Waals surface area (Å²) in [5.41, 5.74) is 0.397. The van der Waals surface area contributed by atoms with Crippen LogP contribution in [0.3, 0.4) is 0 Å². The Morgan fingerprint density at radius 3 is 2.57 bits per heavy atom. The van der Waals surface area contributed by atoms with Gasteiger partial charge in [-0.15, -0.1) is 0 Å². The van der Waals surface area contributed by atoms with Crippen LogP contribution in [-0.2, 0) is 14.4 Å². The van der Waals surface area contributed by atoms with Gasteiger partial charge in [-0.2, -0.15) is 5.11 Å². The SMILES string of the molecule is CCOc1ccc(N2C(=O)[C@H]3N=NN(CC(=O)Nc4ccccc4F)[C@H]3C2=O)cc1. The lowest BCUT2D eigenvalue weighted by molar-refractivity contribution is -0.123. The summed E-state index contributed by atoms with van der Waals surface area (Å²) in [6.45, 7) is 2.00. The number of rotatable bonds is 6. The number of hydrogen-bond acceptors (Lipinski definition) is 7. The molecule has 2 aliphatic heterocycles. The van der Waals surface area contributed by atoms with Crippen molar-refractivity contribution < 1.29 is 23.5 Å².